The second-order valence-corrected chi connectivity index (χ2v) is 7.20. The van der Waals surface area contributed by atoms with E-state index in [1.165, 1.54) is 0 Å². The SMILES string of the molecule is CC(C)n1nccc1NC(=O)CN1CCCC1c1noc(C2CC2)n1. The lowest BCUT2D eigenvalue weighted by atomic mass is 10.2. The Morgan fingerprint density at radius 3 is 3.00 bits per heavy atom. The fourth-order valence-corrected chi connectivity index (χ4v) is 3.38. The summed E-state index contributed by atoms with van der Waals surface area (Å²) in [7, 11) is 0. The number of anilines is 1. The topological polar surface area (TPSA) is 89.1 Å². The first-order valence-electron chi connectivity index (χ1n) is 9.02. The molecular weight excluding hydrogens is 320 g/mol. The Bertz CT molecular complexity index is 748. The molecule has 0 spiro atoms. The van der Waals surface area contributed by atoms with E-state index in [0.717, 1.165) is 49.8 Å². The lowest BCUT2D eigenvalue weighted by Crippen LogP contribution is -2.33. The summed E-state index contributed by atoms with van der Waals surface area (Å²) in [6, 6.07) is 2.09. The molecule has 1 saturated carbocycles. The monoisotopic (exact) mass is 344 g/mol. The van der Waals surface area contributed by atoms with Crippen LogP contribution in [0.3, 0.4) is 0 Å². The van der Waals surface area contributed by atoms with Crippen LogP contribution in [0.2, 0.25) is 0 Å². The third kappa shape index (κ3) is 3.44. The largest absolute Gasteiger partial charge is 0.339 e. The van der Waals surface area contributed by atoms with Crippen molar-refractivity contribution in [1.29, 1.82) is 0 Å². The van der Waals surface area contributed by atoms with Gasteiger partial charge in [0.05, 0.1) is 18.8 Å². The molecule has 2 aliphatic rings. The average Bonchev–Trinajstić information content (AvgIpc) is 3.00. The molecule has 8 heteroatoms. The van der Waals surface area contributed by atoms with E-state index in [4.69, 9.17) is 4.52 Å². The Morgan fingerprint density at radius 1 is 1.40 bits per heavy atom. The zero-order valence-corrected chi connectivity index (χ0v) is 14.7. The predicted molar refractivity (Wildman–Crippen MR) is 91.1 cm³/mol. The van der Waals surface area contributed by atoms with Crippen molar-refractivity contribution in [2.24, 2.45) is 0 Å². The van der Waals surface area contributed by atoms with E-state index in [0.29, 0.717) is 12.5 Å². The fraction of sp³-hybridized carbons (Fsp3) is 0.647. The maximum atomic E-state index is 12.5. The smallest absolute Gasteiger partial charge is 0.239 e. The molecule has 1 amide bonds. The van der Waals surface area contributed by atoms with Crippen LogP contribution in [0.1, 0.15) is 69.2 Å². The summed E-state index contributed by atoms with van der Waals surface area (Å²) in [6.07, 6.45) is 5.98. The van der Waals surface area contributed by atoms with Gasteiger partial charge in [-0.2, -0.15) is 10.1 Å². The highest BCUT2D eigenvalue weighted by Gasteiger charge is 2.34. The van der Waals surface area contributed by atoms with Crippen LogP contribution in [0.4, 0.5) is 5.82 Å². The van der Waals surface area contributed by atoms with Crippen molar-refractivity contribution in [3.05, 3.63) is 24.0 Å². The Hall–Kier alpha value is -2.22. The van der Waals surface area contributed by atoms with Gasteiger partial charge in [0.25, 0.3) is 0 Å². The summed E-state index contributed by atoms with van der Waals surface area (Å²) in [6.45, 7) is 5.26. The molecule has 2 aromatic heterocycles. The quantitative estimate of drug-likeness (QED) is 0.866. The minimum absolute atomic E-state index is 0.0415. The van der Waals surface area contributed by atoms with E-state index in [-0.39, 0.29) is 18.0 Å². The van der Waals surface area contributed by atoms with Gasteiger partial charge in [-0.3, -0.25) is 9.69 Å². The third-order valence-electron chi connectivity index (χ3n) is 4.82. The Kier molecular flexibility index (Phi) is 4.29. The predicted octanol–water partition coefficient (Wildman–Crippen LogP) is 2.50. The summed E-state index contributed by atoms with van der Waals surface area (Å²) in [4.78, 5) is 19.2. The standard InChI is InChI=1S/C17H24N6O2/c1-11(2)23-14(7-8-18-23)19-15(24)10-22-9-3-4-13(22)16-20-17(25-21-16)12-5-6-12/h7-8,11-13H,3-6,9-10H2,1-2H3,(H,19,24). The van der Waals surface area contributed by atoms with Gasteiger partial charge in [0.2, 0.25) is 11.8 Å². The first-order valence-corrected chi connectivity index (χ1v) is 9.02. The normalized spacial score (nSPS) is 21.2. The third-order valence-corrected chi connectivity index (χ3v) is 4.82. The molecule has 8 nitrogen and oxygen atoms in total. The van der Waals surface area contributed by atoms with Crippen molar-refractivity contribution in [2.75, 3.05) is 18.4 Å². The van der Waals surface area contributed by atoms with E-state index in [1.807, 2.05) is 19.9 Å². The van der Waals surface area contributed by atoms with E-state index in [2.05, 4.69) is 25.5 Å². The highest BCUT2D eigenvalue weighted by molar-refractivity contribution is 5.91. The summed E-state index contributed by atoms with van der Waals surface area (Å²) in [5.41, 5.74) is 0. The number of amides is 1. The number of carbonyl (C=O) groups is 1. The van der Waals surface area contributed by atoms with Crippen LogP contribution in [0, 0.1) is 0 Å². The van der Waals surface area contributed by atoms with Gasteiger partial charge < -0.3 is 9.84 Å². The molecule has 1 unspecified atom stereocenters. The highest BCUT2D eigenvalue weighted by Crippen LogP contribution is 2.40. The molecule has 1 saturated heterocycles. The second-order valence-electron chi connectivity index (χ2n) is 7.20. The second kappa shape index (κ2) is 6.59. The molecule has 0 bridgehead atoms. The van der Waals surface area contributed by atoms with Crippen LogP contribution >= 0.6 is 0 Å². The molecular formula is C17H24N6O2. The summed E-state index contributed by atoms with van der Waals surface area (Å²) >= 11 is 0. The van der Waals surface area contributed by atoms with Gasteiger partial charge in [0.1, 0.15) is 5.82 Å². The van der Waals surface area contributed by atoms with Crippen molar-refractivity contribution >= 4 is 11.7 Å². The van der Waals surface area contributed by atoms with Gasteiger partial charge in [0.15, 0.2) is 5.82 Å². The maximum absolute atomic E-state index is 12.5. The number of nitrogens with one attached hydrogen (secondary N) is 1. The van der Waals surface area contributed by atoms with Crippen LogP contribution in [0.25, 0.3) is 0 Å². The first-order chi connectivity index (χ1) is 12.1. The van der Waals surface area contributed by atoms with E-state index < -0.39 is 0 Å². The summed E-state index contributed by atoms with van der Waals surface area (Å²) in [5.74, 6) is 2.62. The summed E-state index contributed by atoms with van der Waals surface area (Å²) in [5, 5.41) is 11.4. The first kappa shape index (κ1) is 16.3. The summed E-state index contributed by atoms with van der Waals surface area (Å²) < 4.78 is 7.19. The lowest BCUT2D eigenvalue weighted by molar-refractivity contribution is -0.117. The van der Waals surface area contributed by atoms with Gasteiger partial charge in [-0.15, -0.1) is 0 Å². The molecule has 134 valence electrons. The number of likely N-dealkylation sites (tertiary alicyclic amines) is 1. The molecule has 2 aromatic rings. The molecule has 25 heavy (non-hydrogen) atoms. The minimum atomic E-state index is -0.0415. The van der Waals surface area contributed by atoms with Crippen molar-refractivity contribution in [1.82, 2.24) is 24.8 Å². The maximum Gasteiger partial charge on any atom is 0.239 e. The van der Waals surface area contributed by atoms with Gasteiger partial charge in [0, 0.05) is 18.0 Å². The van der Waals surface area contributed by atoms with Crippen LogP contribution in [0.5, 0.6) is 0 Å². The highest BCUT2D eigenvalue weighted by atomic mass is 16.5. The van der Waals surface area contributed by atoms with Crippen LogP contribution in [0.15, 0.2) is 16.8 Å². The van der Waals surface area contributed by atoms with Crippen LogP contribution in [-0.4, -0.2) is 43.8 Å². The molecule has 1 atom stereocenters. The fourth-order valence-electron chi connectivity index (χ4n) is 3.38. The number of rotatable bonds is 6. The number of nitrogens with zero attached hydrogens (tertiary/aromatic N) is 5. The molecule has 1 aliphatic carbocycles. The van der Waals surface area contributed by atoms with Gasteiger partial charge in [-0.05, 0) is 46.1 Å². The van der Waals surface area contributed by atoms with E-state index >= 15 is 0 Å². The Morgan fingerprint density at radius 2 is 2.24 bits per heavy atom. The molecule has 1 N–H and O–H groups in total. The average molecular weight is 344 g/mol. The number of carbonyl (C=O) groups excluding carboxylic acids is 1. The zero-order valence-electron chi connectivity index (χ0n) is 14.7. The molecule has 0 radical (unpaired) electrons. The van der Waals surface area contributed by atoms with Crippen molar-refractivity contribution in [3.8, 4) is 0 Å². The van der Waals surface area contributed by atoms with Gasteiger partial charge in [-0.25, -0.2) is 4.68 Å². The Balaban J connectivity index is 1.40. The van der Waals surface area contributed by atoms with E-state index in [1.54, 1.807) is 10.9 Å². The van der Waals surface area contributed by atoms with Crippen molar-refractivity contribution < 1.29 is 9.32 Å². The molecule has 2 fully saturated rings. The lowest BCUT2D eigenvalue weighted by Gasteiger charge is -2.21. The minimum Gasteiger partial charge on any atom is -0.339 e. The molecule has 3 heterocycles. The van der Waals surface area contributed by atoms with Gasteiger partial charge >= 0.3 is 0 Å². The number of hydrogen-bond donors (Lipinski definition) is 1. The molecule has 0 aromatic carbocycles. The number of hydrogen-bond acceptors (Lipinski definition) is 6. The molecule has 1 aliphatic heterocycles. The van der Waals surface area contributed by atoms with Gasteiger partial charge in [-0.1, -0.05) is 5.16 Å². The molecule has 4 rings (SSSR count). The Labute approximate surface area is 146 Å². The number of aromatic nitrogens is 4. The van der Waals surface area contributed by atoms with Crippen LogP contribution < -0.4 is 5.32 Å². The van der Waals surface area contributed by atoms with Crippen molar-refractivity contribution in [2.45, 2.75) is 57.5 Å². The zero-order chi connectivity index (χ0) is 17.4. The van der Waals surface area contributed by atoms with Crippen molar-refractivity contribution in [3.63, 3.8) is 0 Å². The van der Waals surface area contributed by atoms with Crippen LogP contribution in [-0.2, 0) is 4.79 Å². The van der Waals surface area contributed by atoms with E-state index in [9.17, 15) is 4.79 Å².